The van der Waals surface area contributed by atoms with Gasteiger partial charge in [0.2, 0.25) is 0 Å². The second-order valence-electron chi connectivity index (χ2n) is 5.20. The summed E-state index contributed by atoms with van der Waals surface area (Å²) in [7, 11) is 0. The molecule has 88 valence electrons. The number of hydrazine groups is 1. The smallest absolute Gasteiger partial charge is 0.0520 e. The van der Waals surface area contributed by atoms with Crippen LogP contribution in [0.2, 0.25) is 0 Å². The predicted octanol–water partition coefficient (Wildman–Crippen LogP) is 2.54. The highest BCUT2D eigenvalue weighted by molar-refractivity contribution is 5.85. The minimum atomic E-state index is 0.218. The first-order chi connectivity index (χ1) is 8.24. The van der Waals surface area contributed by atoms with E-state index >= 15 is 0 Å². The Balaban J connectivity index is 2.16. The Bertz CT molecular complexity index is 541. The Hall–Kier alpha value is -1.45. The molecule has 0 bridgehead atoms. The molecule has 1 unspecified atom stereocenters. The van der Waals surface area contributed by atoms with Crippen LogP contribution in [0.15, 0.2) is 36.7 Å². The zero-order valence-corrected chi connectivity index (χ0v) is 9.98. The third-order valence-electron chi connectivity index (χ3n) is 3.93. The van der Waals surface area contributed by atoms with Crippen molar-refractivity contribution >= 4 is 10.8 Å². The molecule has 1 saturated carbocycles. The lowest BCUT2D eigenvalue weighted by Crippen LogP contribution is -2.33. The van der Waals surface area contributed by atoms with Crippen LogP contribution in [-0.4, -0.2) is 4.98 Å². The van der Waals surface area contributed by atoms with Crippen molar-refractivity contribution in [2.24, 2.45) is 11.3 Å². The van der Waals surface area contributed by atoms with Crippen LogP contribution < -0.4 is 11.3 Å². The Labute approximate surface area is 101 Å². The average molecular weight is 227 g/mol. The normalized spacial score (nSPS) is 19.2. The summed E-state index contributed by atoms with van der Waals surface area (Å²) in [4.78, 5) is 4.22. The van der Waals surface area contributed by atoms with Crippen molar-refractivity contribution in [2.75, 3.05) is 0 Å². The van der Waals surface area contributed by atoms with Crippen LogP contribution in [0.25, 0.3) is 10.8 Å². The number of nitrogens with one attached hydrogen (secondary N) is 1. The minimum Gasteiger partial charge on any atom is -0.271 e. The molecule has 3 rings (SSSR count). The molecule has 1 aromatic carbocycles. The lowest BCUT2D eigenvalue weighted by Gasteiger charge is -2.24. The van der Waals surface area contributed by atoms with E-state index in [1.165, 1.54) is 29.2 Å². The molecule has 3 nitrogen and oxygen atoms in total. The zero-order valence-electron chi connectivity index (χ0n) is 9.98. The molecule has 1 aliphatic carbocycles. The second kappa shape index (κ2) is 3.79. The number of hydrogen-bond donors (Lipinski definition) is 2. The molecule has 2 aromatic rings. The van der Waals surface area contributed by atoms with Crippen molar-refractivity contribution in [3.05, 3.63) is 42.2 Å². The number of pyridine rings is 1. The molecule has 0 saturated heterocycles. The van der Waals surface area contributed by atoms with E-state index in [4.69, 9.17) is 5.84 Å². The number of aromatic nitrogens is 1. The number of nitrogens with zero attached hydrogens (tertiary/aromatic N) is 1. The Morgan fingerprint density at radius 1 is 1.35 bits per heavy atom. The summed E-state index contributed by atoms with van der Waals surface area (Å²) in [6.07, 6.45) is 6.23. The van der Waals surface area contributed by atoms with E-state index in [2.05, 4.69) is 35.5 Å². The molecule has 0 amide bonds. The fourth-order valence-electron chi connectivity index (χ4n) is 2.54. The number of benzene rings is 1. The Kier molecular flexibility index (Phi) is 2.38. The average Bonchev–Trinajstić information content (AvgIpc) is 3.09. The minimum absolute atomic E-state index is 0.218. The fraction of sp³-hybridized carbons (Fsp3) is 0.357. The van der Waals surface area contributed by atoms with Crippen molar-refractivity contribution in [2.45, 2.75) is 25.8 Å². The second-order valence-corrected chi connectivity index (χ2v) is 5.20. The van der Waals surface area contributed by atoms with Gasteiger partial charge in [0, 0.05) is 17.8 Å². The first-order valence-electron chi connectivity index (χ1n) is 6.03. The monoisotopic (exact) mass is 227 g/mol. The molecular weight excluding hydrogens is 210 g/mol. The maximum atomic E-state index is 5.75. The first kappa shape index (κ1) is 10.7. The molecule has 1 aromatic heterocycles. The zero-order chi connectivity index (χ0) is 11.9. The van der Waals surface area contributed by atoms with E-state index in [0.29, 0.717) is 5.41 Å². The van der Waals surface area contributed by atoms with E-state index in [1.54, 1.807) is 0 Å². The van der Waals surface area contributed by atoms with Crippen LogP contribution in [0.1, 0.15) is 31.4 Å². The molecule has 0 radical (unpaired) electrons. The lowest BCUT2D eigenvalue weighted by atomic mass is 9.89. The highest BCUT2D eigenvalue weighted by Crippen LogP contribution is 2.54. The molecule has 3 N–H and O–H groups in total. The van der Waals surface area contributed by atoms with Crippen molar-refractivity contribution in [1.82, 2.24) is 10.4 Å². The molecule has 17 heavy (non-hydrogen) atoms. The van der Waals surface area contributed by atoms with E-state index in [9.17, 15) is 0 Å². The summed E-state index contributed by atoms with van der Waals surface area (Å²) < 4.78 is 0. The Morgan fingerprint density at radius 3 is 2.88 bits per heavy atom. The van der Waals surface area contributed by atoms with Gasteiger partial charge in [-0.2, -0.15) is 0 Å². The molecule has 0 aliphatic heterocycles. The summed E-state index contributed by atoms with van der Waals surface area (Å²) in [6.45, 7) is 2.28. The standard InChI is InChI=1S/C14H17N3/c1-14(6-7-14)13(17-15)11-4-2-3-10-5-8-16-9-12(10)11/h2-5,8-9,13,17H,6-7,15H2,1H3. The maximum absolute atomic E-state index is 5.75. The summed E-state index contributed by atoms with van der Waals surface area (Å²) in [6, 6.07) is 8.62. The van der Waals surface area contributed by atoms with Gasteiger partial charge in [-0.25, -0.2) is 0 Å². The van der Waals surface area contributed by atoms with Crippen LogP contribution in [-0.2, 0) is 0 Å². The SMILES string of the molecule is CC1(C(NN)c2cccc3ccncc23)CC1. The molecule has 1 aliphatic rings. The van der Waals surface area contributed by atoms with E-state index in [-0.39, 0.29) is 6.04 Å². The predicted molar refractivity (Wildman–Crippen MR) is 69.1 cm³/mol. The van der Waals surface area contributed by atoms with Crippen LogP contribution in [0.5, 0.6) is 0 Å². The van der Waals surface area contributed by atoms with Crippen LogP contribution >= 0.6 is 0 Å². The number of hydrogen-bond acceptors (Lipinski definition) is 3. The molecule has 1 heterocycles. The molecular formula is C14H17N3. The van der Waals surface area contributed by atoms with Gasteiger partial charge in [0.1, 0.15) is 0 Å². The van der Waals surface area contributed by atoms with Crippen molar-refractivity contribution in [3.63, 3.8) is 0 Å². The van der Waals surface area contributed by atoms with Gasteiger partial charge >= 0.3 is 0 Å². The summed E-state index contributed by atoms with van der Waals surface area (Å²) in [5.74, 6) is 5.75. The third-order valence-corrected chi connectivity index (χ3v) is 3.93. The number of fused-ring (bicyclic) bond motifs is 1. The summed E-state index contributed by atoms with van der Waals surface area (Å²) in [5.41, 5.74) is 4.55. The van der Waals surface area contributed by atoms with Gasteiger partial charge in [-0.05, 0) is 35.3 Å². The number of rotatable bonds is 3. The number of nitrogens with two attached hydrogens (primary N) is 1. The molecule has 1 fully saturated rings. The molecule has 3 heteroatoms. The van der Waals surface area contributed by atoms with E-state index in [0.717, 1.165) is 0 Å². The Morgan fingerprint density at radius 2 is 2.18 bits per heavy atom. The topological polar surface area (TPSA) is 50.9 Å². The highest BCUT2D eigenvalue weighted by Gasteiger charge is 2.45. The van der Waals surface area contributed by atoms with Crippen molar-refractivity contribution in [1.29, 1.82) is 0 Å². The van der Waals surface area contributed by atoms with Crippen molar-refractivity contribution < 1.29 is 0 Å². The van der Waals surface area contributed by atoms with Gasteiger partial charge in [-0.1, -0.05) is 25.1 Å². The van der Waals surface area contributed by atoms with Gasteiger partial charge in [0.05, 0.1) is 6.04 Å². The van der Waals surface area contributed by atoms with E-state index < -0.39 is 0 Å². The van der Waals surface area contributed by atoms with Gasteiger partial charge in [-0.15, -0.1) is 0 Å². The summed E-state index contributed by atoms with van der Waals surface area (Å²) in [5, 5.41) is 2.42. The van der Waals surface area contributed by atoms with Gasteiger partial charge in [0.25, 0.3) is 0 Å². The van der Waals surface area contributed by atoms with Gasteiger partial charge in [-0.3, -0.25) is 16.3 Å². The van der Waals surface area contributed by atoms with Crippen molar-refractivity contribution in [3.8, 4) is 0 Å². The molecule has 1 atom stereocenters. The molecule has 0 spiro atoms. The van der Waals surface area contributed by atoms with Gasteiger partial charge in [0.15, 0.2) is 0 Å². The summed E-state index contributed by atoms with van der Waals surface area (Å²) >= 11 is 0. The van der Waals surface area contributed by atoms with Gasteiger partial charge < -0.3 is 0 Å². The fourth-order valence-corrected chi connectivity index (χ4v) is 2.54. The first-order valence-corrected chi connectivity index (χ1v) is 6.03. The van der Waals surface area contributed by atoms with Crippen LogP contribution in [0.4, 0.5) is 0 Å². The van der Waals surface area contributed by atoms with Crippen LogP contribution in [0.3, 0.4) is 0 Å². The third kappa shape index (κ3) is 1.72. The maximum Gasteiger partial charge on any atom is 0.0520 e. The quantitative estimate of drug-likeness (QED) is 0.626. The largest absolute Gasteiger partial charge is 0.271 e. The highest BCUT2D eigenvalue weighted by atomic mass is 15.2. The van der Waals surface area contributed by atoms with Crippen LogP contribution in [0, 0.1) is 5.41 Å². The lowest BCUT2D eigenvalue weighted by molar-refractivity contribution is 0.374. The van der Waals surface area contributed by atoms with E-state index in [1.807, 2.05) is 18.5 Å².